The van der Waals surface area contributed by atoms with Crippen molar-refractivity contribution in [1.82, 2.24) is 0 Å². The van der Waals surface area contributed by atoms with Gasteiger partial charge >= 0.3 is 0 Å². The minimum atomic E-state index is -0.268. The van der Waals surface area contributed by atoms with E-state index in [1.165, 1.54) is 0 Å². The number of carbonyl (C=O) groups is 1. The summed E-state index contributed by atoms with van der Waals surface area (Å²) >= 11 is 0. The minimum Gasteiger partial charge on any atom is -0.373 e. The predicted octanol–water partition coefficient (Wildman–Crippen LogP) is 1.46. The van der Waals surface area contributed by atoms with E-state index in [2.05, 4.69) is 6.92 Å². The van der Waals surface area contributed by atoms with E-state index in [1.54, 1.807) is 6.92 Å². The molecule has 0 amide bonds. The fourth-order valence-electron chi connectivity index (χ4n) is 3.34. The van der Waals surface area contributed by atoms with Gasteiger partial charge < -0.3 is 14.2 Å². The summed E-state index contributed by atoms with van der Waals surface area (Å²) in [6, 6.07) is 0. The Hall–Kier alpha value is -0.450. The van der Waals surface area contributed by atoms with Crippen LogP contribution in [0, 0.1) is 0 Å². The number of ketones is 1. The van der Waals surface area contributed by atoms with Crippen molar-refractivity contribution >= 4 is 5.78 Å². The lowest BCUT2D eigenvalue weighted by atomic mass is 9.84. The summed E-state index contributed by atoms with van der Waals surface area (Å²) in [7, 11) is 0. The van der Waals surface area contributed by atoms with Crippen LogP contribution >= 0.6 is 0 Å². The lowest BCUT2D eigenvalue weighted by Crippen LogP contribution is -2.53. The third-order valence-electron chi connectivity index (χ3n) is 4.25. The topological polar surface area (TPSA) is 44.8 Å². The van der Waals surface area contributed by atoms with Gasteiger partial charge in [-0.25, -0.2) is 0 Å². The van der Waals surface area contributed by atoms with Gasteiger partial charge in [0.15, 0.2) is 0 Å². The monoisotopic (exact) mass is 240 g/mol. The first kappa shape index (κ1) is 11.6. The SMILES string of the molecule is CC(=O)C[C@H]1CC[C@@H]2O[C@@H]3C[C@]2(COC3C)O1. The van der Waals surface area contributed by atoms with Gasteiger partial charge in [-0.2, -0.15) is 0 Å². The van der Waals surface area contributed by atoms with Crippen molar-refractivity contribution < 1.29 is 19.0 Å². The number of fused-ring (bicyclic) bond motifs is 1. The number of Topliss-reactive ketones (excluding diaryl/α,β-unsaturated/α-hetero) is 1. The molecule has 96 valence electrons. The fraction of sp³-hybridized carbons (Fsp3) is 0.923. The molecule has 3 saturated heterocycles. The first-order valence-corrected chi connectivity index (χ1v) is 6.53. The second kappa shape index (κ2) is 4.04. The molecule has 4 heteroatoms. The van der Waals surface area contributed by atoms with Crippen LogP contribution in [-0.2, 0) is 19.0 Å². The normalized spacial score (nSPS) is 48.8. The number of rotatable bonds is 2. The predicted molar refractivity (Wildman–Crippen MR) is 60.8 cm³/mol. The lowest BCUT2D eigenvalue weighted by Gasteiger charge is -2.42. The highest BCUT2D eigenvalue weighted by molar-refractivity contribution is 5.76. The van der Waals surface area contributed by atoms with Crippen molar-refractivity contribution in [2.75, 3.05) is 6.61 Å². The molecule has 0 radical (unpaired) electrons. The van der Waals surface area contributed by atoms with E-state index >= 15 is 0 Å². The smallest absolute Gasteiger partial charge is 0.132 e. The minimum absolute atomic E-state index is 0.0584. The van der Waals surface area contributed by atoms with Crippen LogP contribution in [0.25, 0.3) is 0 Å². The number of carbonyl (C=O) groups excluding carboxylic acids is 1. The van der Waals surface area contributed by atoms with E-state index < -0.39 is 0 Å². The summed E-state index contributed by atoms with van der Waals surface area (Å²) in [5.74, 6) is 0.199. The van der Waals surface area contributed by atoms with Gasteiger partial charge in [-0.15, -0.1) is 0 Å². The van der Waals surface area contributed by atoms with Crippen LogP contribution < -0.4 is 0 Å². The van der Waals surface area contributed by atoms with E-state index in [4.69, 9.17) is 14.2 Å². The van der Waals surface area contributed by atoms with Crippen LogP contribution in [0.5, 0.6) is 0 Å². The van der Waals surface area contributed by atoms with Crippen LogP contribution in [-0.4, -0.2) is 42.4 Å². The van der Waals surface area contributed by atoms with Crippen LogP contribution in [0.2, 0.25) is 0 Å². The molecule has 3 heterocycles. The summed E-state index contributed by atoms with van der Waals surface area (Å²) in [5, 5.41) is 0. The molecule has 0 aromatic heterocycles. The van der Waals surface area contributed by atoms with Gasteiger partial charge in [0, 0.05) is 12.8 Å². The molecule has 0 N–H and O–H groups in total. The number of ether oxygens (including phenoxy) is 3. The van der Waals surface area contributed by atoms with Gasteiger partial charge in [0.25, 0.3) is 0 Å². The van der Waals surface area contributed by atoms with Crippen molar-refractivity contribution in [3.8, 4) is 0 Å². The standard InChI is InChI=1S/C13H20O4/c1-8(14)5-10-3-4-12-13(17-10)6-11(16-12)9(2)15-7-13/h9-12H,3-7H2,1-2H3/t9?,10-,11-,12+,13-/m1/s1. The zero-order chi connectivity index (χ0) is 12.0. The molecule has 3 aliphatic heterocycles. The average Bonchev–Trinajstić information content (AvgIpc) is 2.58. The van der Waals surface area contributed by atoms with E-state index in [9.17, 15) is 4.79 Å². The third-order valence-corrected chi connectivity index (χ3v) is 4.25. The highest BCUT2D eigenvalue weighted by Gasteiger charge is 2.57. The van der Waals surface area contributed by atoms with Crippen molar-refractivity contribution in [3.63, 3.8) is 0 Å². The molecule has 0 aromatic rings. The van der Waals surface area contributed by atoms with Gasteiger partial charge in [0.05, 0.1) is 31.0 Å². The Balaban J connectivity index is 1.73. The Morgan fingerprint density at radius 3 is 3.00 bits per heavy atom. The average molecular weight is 240 g/mol. The van der Waals surface area contributed by atoms with Gasteiger partial charge in [-0.05, 0) is 26.7 Å². The molecule has 2 bridgehead atoms. The van der Waals surface area contributed by atoms with Gasteiger partial charge in [0.1, 0.15) is 11.4 Å². The van der Waals surface area contributed by atoms with Crippen molar-refractivity contribution in [3.05, 3.63) is 0 Å². The summed E-state index contributed by atoms with van der Waals surface area (Å²) < 4.78 is 17.9. The Labute approximate surface area is 102 Å². The Morgan fingerprint density at radius 1 is 1.41 bits per heavy atom. The quantitative estimate of drug-likeness (QED) is 0.733. The molecule has 0 aromatic carbocycles. The zero-order valence-corrected chi connectivity index (χ0v) is 10.5. The highest BCUT2D eigenvalue weighted by Crippen LogP contribution is 2.46. The van der Waals surface area contributed by atoms with Crippen molar-refractivity contribution in [2.45, 2.75) is 69.5 Å². The lowest BCUT2D eigenvalue weighted by molar-refractivity contribution is -0.190. The largest absolute Gasteiger partial charge is 0.373 e. The summed E-state index contributed by atoms with van der Waals surface area (Å²) in [4.78, 5) is 11.2. The number of hydrogen-bond acceptors (Lipinski definition) is 4. The molecule has 5 atom stereocenters. The van der Waals surface area contributed by atoms with Gasteiger partial charge in [-0.3, -0.25) is 4.79 Å². The molecule has 1 spiro atoms. The van der Waals surface area contributed by atoms with Crippen molar-refractivity contribution in [1.29, 1.82) is 0 Å². The molecule has 0 saturated carbocycles. The highest BCUT2D eigenvalue weighted by atomic mass is 16.6. The molecule has 3 fully saturated rings. The van der Waals surface area contributed by atoms with E-state index in [-0.39, 0.29) is 35.8 Å². The molecule has 0 aliphatic carbocycles. The molecule has 1 unspecified atom stereocenters. The molecule has 3 aliphatic rings. The molecule has 3 rings (SSSR count). The van der Waals surface area contributed by atoms with Crippen LogP contribution in [0.15, 0.2) is 0 Å². The molecular formula is C13H20O4. The second-order valence-corrected chi connectivity index (χ2v) is 5.67. The number of hydrogen-bond donors (Lipinski definition) is 0. The van der Waals surface area contributed by atoms with Gasteiger partial charge in [-0.1, -0.05) is 0 Å². The third kappa shape index (κ3) is 1.92. The Kier molecular flexibility index (Phi) is 2.76. The molecular weight excluding hydrogens is 220 g/mol. The van der Waals surface area contributed by atoms with Crippen LogP contribution in [0.1, 0.15) is 39.5 Å². The van der Waals surface area contributed by atoms with E-state index in [0.29, 0.717) is 13.0 Å². The molecule has 17 heavy (non-hydrogen) atoms. The summed E-state index contributed by atoms with van der Waals surface area (Å²) in [6.45, 7) is 4.30. The van der Waals surface area contributed by atoms with Crippen LogP contribution in [0.4, 0.5) is 0 Å². The Bertz CT molecular complexity index is 329. The molecule has 4 nitrogen and oxygen atoms in total. The maximum absolute atomic E-state index is 11.2. The maximum Gasteiger partial charge on any atom is 0.132 e. The first-order valence-electron chi connectivity index (χ1n) is 6.53. The Morgan fingerprint density at radius 2 is 2.24 bits per heavy atom. The van der Waals surface area contributed by atoms with Crippen LogP contribution in [0.3, 0.4) is 0 Å². The zero-order valence-electron chi connectivity index (χ0n) is 10.5. The second-order valence-electron chi connectivity index (χ2n) is 5.67. The first-order chi connectivity index (χ1) is 8.09. The summed E-state index contributed by atoms with van der Waals surface area (Å²) in [6.07, 6.45) is 3.93. The van der Waals surface area contributed by atoms with Gasteiger partial charge in [0.2, 0.25) is 0 Å². The van der Waals surface area contributed by atoms with E-state index in [1.807, 2.05) is 0 Å². The summed E-state index contributed by atoms with van der Waals surface area (Å²) in [5.41, 5.74) is -0.268. The van der Waals surface area contributed by atoms with E-state index in [0.717, 1.165) is 19.3 Å². The maximum atomic E-state index is 11.2. The fourth-order valence-corrected chi connectivity index (χ4v) is 3.34. The van der Waals surface area contributed by atoms with Crippen molar-refractivity contribution in [2.24, 2.45) is 0 Å².